The van der Waals surface area contributed by atoms with Crippen LogP contribution in [0.1, 0.15) is 38.9 Å². The lowest BCUT2D eigenvalue weighted by atomic mass is 10.1. The molecule has 0 bridgehead atoms. The molecule has 0 saturated heterocycles. The van der Waals surface area contributed by atoms with Crippen molar-refractivity contribution in [2.24, 2.45) is 0 Å². The van der Waals surface area contributed by atoms with E-state index in [1.54, 1.807) is 6.07 Å². The van der Waals surface area contributed by atoms with Gasteiger partial charge in [0.2, 0.25) is 0 Å². The summed E-state index contributed by atoms with van der Waals surface area (Å²) in [5.74, 6) is -0.610. The Kier molecular flexibility index (Phi) is 7.03. The standard InChI is InChI=1S/C16H26ClFO4SSi/c1-16(2,3)24(5,6)21-10-9-15(22-23(4,19)20)12-7-8-13(17)14(18)11-12/h7-8,11,15H,9-10H2,1-6H3/t15-/m0/s1. The Hall–Kier alpha value is -0.473. The van der Waals surface area contributed by atoms with Crippen LogP contribution < -0.4 is 0 Å². The minimum absolute atomic E-state index is 0.0191. The third kappa shape index (κ3) is 6.44. The first-order chi connectivity index (χ1) is 10.7. The highest BCUT2D eigenvalue weighted by atomic mass is 35.5. The summed E-state index contributed by atoms with van der Waals surface area (Å²) < 4.78 is 47.9. The average Bonchev–Trinajstić information content (AvgIpc) is 2.38. The molecule has 24 heavy (non-hydrogen) atoms. The molecular weight excluding hydrogens is 371 g/mol. The van der Waals surface area contributed by atoms with Crippen LogP contribution in [0.3, 0.4) is 0 Å². The van der Waals surface area contributed by atoms with Crippen LogP contribution in [0.5, 0.6) is 0 Å². The molecule has 0 fully saturated rings. The minimum Gasteiger partial charge on any atom is -0.417 e. The first kappa shape index (κ1) is 21.6. The summed E-state index contributed by atoms with van der Waals surface area (Å²) in [6.07, 6.45) is 0.471. The molecule has 0 aliphatic rings. The minimum atomic E-state index is -3.69. The largest absolute Gasteiger partial charge is 0.417 e. The van der Waals surface area contributed by atoms with Gasteiger partial charge in [0.25, 0.3) is 10.1 Å². The van der Waals surface area contributed by atoms with Gasteiger partial charge in [0.05, 0.1) is 11.3 Å². The van der Waals surface area contributed by atoms with Crippen LogP contribution in [0.2, 0.25) is 23.2 Å². The van der Waals surface area contributed by atoms with Crippen molar-refractivity contribution in [1.29, 1.82) is 0 Å². The van der Waals surface area contributed by atoms with Crippen LogP contribution in [0.25, 0.3) is 0 Å². The lowest BCUT2D eigenvalue weighted by molar-refractivity contribution is 0.165. The fourth-order valence-electron chi connectivity index (χ4n) is 1.83. The molecule has 0 heterocycles. The Morgan fingerprint density at radius 1 is 1.29 bits per heavy atom. The van der Waals surface area contributed by atoms with Crippen molar-refractivity contribution >= 4 is 30.0 Å². The van der Waals surface area contributed by atoms with Gasteiger partial charge in [-0.25, -0.2) is 4.39 Å². The highest BCUT2D eigenvalue weighted by Crippen LogP contribution is 2.37. The second kappa shape index (κ2) is 7.82. The van der Waals surface area contributed by atoms with E-state index in [0.29, 0.717) is 18.6 Å². The predicted octanol–water partition coefficient (Wildman–Crippen LogP) is 4.91. The fourth-order valence-corrected chi connectivity index (χ4v) is 3.64. The molecule has 0 saturated carbocycles. The lowest BCUT2D eigenvalue weighted by Crippen LogP contribution is -2.41. The van der Waals surface area contributed by atoms with Crippen LogP contribution >= 0.6 is 11.6 Å². The van der Waals surface area contributed by atoms with Gasteiger partial charge in [-0.2, -0.15) is 8.42 Å². The maximum atomic E-state index is 13.7. The molecule has 4 nitrogen and oxygen atoms in total. The summed E-state index contributed by atoms with van der Waals surface area (Å²) in [5.41, 5.74) is 0.418. The van der Waals surface area contributed by atoms with Gasteiger partial charge in [0.1, 0.15) is 11.9 Å². The molecule has 1 aromatic rings. The van der Waals surface area contributed by atoms with E-state index in [-0.39, 0.29) is 10.1 Å². The van der Waals surface area contributed by atoms with E-state index in [1.807, 2.05) is 0 Å². The smallest absolute Gasteiger partial charge is 0.264 e. The number of benzene rings is 1. The zero-order valence-corrected chi connectivity index (χ0v) is 17.6. The summed E-state index contributed by atoms with van der Waals surface area (Å²) in [7, 11) is -5.64. The van der Waals surface area contributed by atoms with Gasteiger partial charge in [-0.3, -0.25) is 4.18 Å². The number of halogens is 2. The molecule has 1 rings (SSSR count). The first-order valence-corrected chi connectivity index (χ1v) is 12.8. The van der Waals surface area contributed by atoms with Crippen LogP contribution in [-0.2, 0) is 18.7 Å². The van der Waals surface area contributed by atoms with Crippen molar-refractivity contribution in [2.45, 2.75) is 51.4 Å². The fraction of sp³-hybridized carbons (Fsp3) is 0.625. The molecule has 0 N–H and O–H groups in total. The van der Waals surface area contributed by atoms with E-state index in [2.05, 4.69) is 33.9 Å². The van der Waals surface area contributed by atoms with E-state index in [9.17, 15) is 12.8 Å². The number of hydrogen-bond acceptors (Lipinski definition) is 4. The van der Waals surface area contributed by atoms with Crippen molar-refractivity contribution in [1.82, 2.24) is 0 Å². The highest BCUT2D eigenvalue weighted by Gasteiger charge is 2.37. The topological polar surface area (TPSA) is 52.6 Å². The SMILES string of the molecule is CC(C)(C)[Si](C)(C)OCC[C@H](OS(C)(=O)=O)c1ccc(Cl)c(F)c1. The number of hydrogen-bond donors (Lipinski definition) is 0. The van der Waals surface area contributed by atoms with E-state index in [1.165, 1.54) is 12.1 Å². The molecule has 0 spiro atoms. The third-order valence-corrected chi connectivity index (χ3v) is 9.68. The molecular formula is C16H26ClFO4SSi. The summed E-state index contributed by atoms with van der Waals surface area (Å²) in [6.45, 7) is 10.9. The maximum absolute atomic E-state index is 13.7. The normalized spacial score (nSPS) is 14.7. The van der Waals surface area contributed by atoms with Gasteiger partial charge in [0, 0.05) is 13.0 Å². The molecule has 0 amide bonds. The van der Waals surface area contributed by atoms with Gasteiger partial charge in [-0.15, -0.1) is 0 Å². The van der Waals surface area contributed by atoms with Crippen LogP contribution in [0.15, 0.2) is 18.2 Å². The molecule has 1 atom stereocenters. The van der Waals surface area contributed by atoms with Crippen LogP contribution in [-0.4, -0.2) is 29.6 Å². The monoisotopic (exact) mass is 396 g/mol. The predicted molar refractivity (Wildman–Crippen MR) is 97.8 cm³/mol. The molecule has 0 aromatic heterocycles. The molecule has 138 valence electrons. The van der Waals surface area contributed by atoms with Crippen LogP contribution in [0.4, 0.5) is 4.39 Å². The first-order valence-electron chi connectivity index (χ1n) is 7.70. The van der Waals surface area contributed by atoms with Gasteiger partial charge >= 0.3 is 0 Å². The second-order valence-electron chi connectivity index (χ2n) is 7.36. The van der Waals surface area contributed by atoms with Gasteiger partial charge in [-0.05, 0) is 35.8 Å². The summed E-state index contributed by atoms with van der Waals surface area (Å²) in [4.78, 5) is 0. The summed E-state index contributed by atoms with van der Waals surface area (Å²) in [5, 5.41) is 0.0291. The van der Waals surface area contributed by atoms with Crippen molar-refractivity contribution in [3.8, 4) is 0 Å². The zero-order valence-electron chi connectivity index (χ0n) is 15.0. The molecule has 0 radical (unpaired) electrons. The Morgan fingerprint density at radius 3 is 2.33 bits per heavy atom. The van der Waals surface area contributed by atoms with Gasteiger partial charge in [-0.1, -0.05) is 38.4 Å². The molecule has 0 unspecified atom stereocenters. The Balaban J connectivity index is 2.90. The van der Waals surface area contributed by atoms with E-state index in [0.717, 1.165) is 6.26 Å². The quantitative estimate of drug-likeness (QED) is 0.485. The van der Waals surface area contributed by atoms with E-state index < -0.39 is 30.4 Å². The van der Waals surface area contributed by atoms with E-state index >= 15 is 0 Å². The molecule has 8 heteroatoms. The Morgan fingerprint density at radius 2 is 1.88 bits per heavy atom. The van der Waals surface area contributed by atoms with Crippen LogP contribution in [0, 0.1) is 5.82 Å². The highest BCUT2D eigenvalue weighted by molar-refractivity contribution is 7.86. The van der Waals surface area contributed by atoms with Crippen molar-refractivity contribution in [2.75, 3.05) is 12.9 Å². The summed E-state index contributed by atoms with van der Waals surface area (Å²) >= 11 is 5.68. The molecule has 1 aromatic carbocycles. The number of rotatable bonds is 7. The average molecular weight is 397 g/mol. The zero-order chi connectivity index (χ0) is 18.8. The van der Waals surface area contributed by atoms with Crippen molar-refractivity contribution in [3.63, 3.8) is 0 Å². The van der Waals surface area contributed by atoms with Crippen molar-refractivity contribution < 1.29 is 21.4 Å². The molecule has 0 aliphatic carbocycles. The van der Waals surface area contributed by atoms with Gasteiger partial charge < -0.3 is 4.43 Å². The Labute approximate surface area is 150 Å². The van der Waals surface area contributed by atoms with Crippen molar-refractivity contribution in [3.05, 3.63) is 34.6 Å². The molecule has 0 aliphatic heterocycles. The van der Waals surface area contributed by atoms with E-state index in [4.69, 9.17) is 20.2 Å². The summed E-state index contributed by atoms with van der Waals surface area (Å²) in [6, 6.07) is 4.15. The lowest BCUT2D eigenvalue weighted by Gasteiger charge is -2.36. The maximum Gasteiger partial charge on any atom is 0.264 e. The Bertz CT molecular complexity index is 671. The van der Waals surface area contributed by atoms with Gasteiger partial charge in [0.15, 0.2) is 8.32 Å². The second-order valence-corrected chi connectivity index (χ2v) is 14.2. The third-order valence-electron chi connectivity index (χ3n) is 4.26.